The Morgan fingerprint density at radius 2 is 0.750 bits per heavy atom. The summed E-state index contributed by atoms with van der Waals surface area (Å²) in [4.78, 5) is 0. The van der Waals surface area contributed by atoms with Gasteiger partial charge in [-0.05, 0) is 88.6 Å². The van der Waals surface area contributed by atoms with Gasteiger partial charge in [-0.1, -0.05) is 146 Å². The van der Waals surface area contributed by atoms with Crippen LogP contribution in [-0.2, 0) is 0 Å². The Kier molecular flexibility index (Phi) is 5.24. The zero-order valence-corrected chi connectivity index (χ0v) is 22.0. The van der Waals surface area contributed by atoms with Gasteiger partial charge in [0.2, 0.25) is 0 Å². The molecule has 0 nitrogen and oxygen atoms in total. The first-order chi connectivity index (χ1) is 19.8. The fourth-order valence-corrected chi connectivity index (χ4v) is 6.39. The quantitative estimate of drug-likeness (QED) is 0.209. The molecule has 0 saturated heterocycles. The molecule has 0 aliphatic heterocycles. The van der Waals surface area contributed by atoms with Crippen molar-refractivity contribution in [2.75, 3.05) is 0 Å². The molecular formula is C40H26. The van der Waals surface area contributed by atoms with E-state index in [1.165, 1.54) is 76.5 Å². The highest BCUT2D eigenvalue weighted by Gasteiger charge is 2.17. The molecule has 0 heteroatoms. The predicted molar refractivity (Wildman–Crippen MR) is 173 cm³/mol. The average molecular weight is 507 g/mol. The summed E-state index contributed by atoms with van der Waals surface area (Å²) in [7, 11) is 0. The van der Waals surface area contributed by atoms with Crippen LogP contribution in [0.15, 0.2) is 158 Å². The average Bonchev–Trinajstić information content (AvgIpc) is 3.03. The molecule has 40 heavy (non-hydrogen) atoms. The van der Waals surface area contributed by atoms with Crippen LogP contribution in [0.2, 0.25) is 0 Å². The number of fused-ring (bicyclic) bond motifs is 4. The monoisotopic (exact) mass is 506 g/mol. The van der Waals surface area contributed by atoms with E-state index in [2.05, 4.69) is 158 Å². The van der Waals surface area contributed by atoms with E-state index >= 15 is 0 Å². The van der Waals surface area contributed by atoms with Crippen molar-refractivity contribution >= 4 is 43.1 Å². The van der Waals surface area contributed by atoms with Crippen molar-refractivity contribution in [2.24, 2.45) is 0 Å². The summed E-state index contributed by atoms with van der Waals surface area (Å²) in [6.45, 7) is 0. The van der Waals surface area contributed by atoms with Crippen LogP contribution in [0.25, 0.3) is 76.5 Å². The number of benzene rings is 8. The molecule has 0 aliphatic carbocycles. The van der Waals surface area contributed by atoms with Crippen LogP contribution in [-0.4, -0.2) is 0 Å². The van der Waals surface area contributed by atoms with Crippen molar-refractivity contribution in [1.29, 1.82) is 0 Å². The molecular weight excluding hydrogens is 480 g/mol. The van der Waals surface area contributed by atoms with Gasteiger partial charge in [0.15, 0.2) is 0 Å². The van der Waals surface area contributed by atoms with E-state index in [-0.39, 0.29) is 0 Å². The standard InChI is InChI=1S/C40H26/c1-2-12-28(13-3-1)33-20-10-15-29-22-24-32(26-38(29)33)40-36-18-8-6-16-34(36)39(35-17-7-9-19-37(35)40)31-23-21-27-11-4-5-14-30(27)25-31/h1-26H. The van der Waals surface area contributed by atoms with Crippen molar-refractivity contribution in [3.63, 3.8) is 0 Å². The minimum atomic E-state index is 1.24. The molecule has 0 radical (unpaired) electrons. The predicted octanol–water partition coefficient (Wildman–Crippen LogP) is 11.3. The summed E-state index contributed by atoms with van der Waals surface area (Å²) < 4.78 is 0. The van der Waals surface area contributed by atoms with Gasteiger partial charge in [-0.25, -0.2) is 0 Å². The molecule has 0 heterocycles. The van der Waals surface area contributed by atoms with E-state index in [0.717, 1.165) is 0 Å². The minimum Gasteiger partial charge on any atom is -0.0622 e. The van der Waals surface area contributed by atoms with E-state index in [4.69, 9.17) is 0 Å². The van der Waals surface area contributed by atoms with Crippen LogP contribution in [0, 0.1) is 0 Å². The Morgan fingerprint density at radius 3 is 1.40 bits per heavy atom. The van der Waals surface area contributed by atoms with E-state index in [1.807, 2.05) is 0 Å². The number of rotatable bonds is 3. The normalized spacial score (nSPS) is 11.5. The van der Waals surface area contributed by atoms with E-state index in [0.29, 0.717) is 0 Å². The lowest BCUT2D eigenvalue weighted by Crippen LogP contribution is -1.91. The van der Waals surface area contributed by atoms with Crippen LogP contribution in [0.1, 0.15) is 0 Å². The lowest BCUT2D eigenvalue weighted by atomic mass is 9.85. The Bertz CT molecular complexity index is 2150. The zero-order chi connectivity index (χ0) is 26.5. The molecule has 8 aromatic carbocycles. The second-order valence-electron chi connectivity index (χ2n) is 10.5. The van der Waals surface area contributed by atoms with Gasteiger partial charge in [0.05, 0.1) is 0 Å². The summed E-state index contributed by atoms with van der Waals surface area (Å²) in [6.07, 6.45) is 0. The minimum absolute atomic E-state index is 1.24. The fraction of sp³-hybridized carbons (Fsp3) is 0. The van der Waals surface area contributed by atoms with Crippen molar-refractivity contribution in [3.8, 4) is 33.4 Å². The molecule has 0 spiro atoms. The van der Waals surface area contributed by atoms with Crippen LogP contribution < -0.4 is 0 Å². The number of hydrogen-bond donors (Lipinski definition) is 0. The lowest BCUT2D eigenvalue weighted by molar-refractivity contribution is 1.64. The van der Waals surface area contributed by atoms with Gasteiger partial charge in [0, 0.05) is 0 Å². The Hall–Kier alpha value is -5.20. The first kappa shape index (κ1) is 22.8. The second kappa shape index (κ2) is 9.22. The Morgan fingerprint density at radius 1 is 0.250 bits per heavy atom. The Balaban J connectivity index is 1.45. The summed E-state index contributed by atoms with van der Waals surface area (Å²) in [5, 5.41) is 10.2. The molecule has 8 aromatic rings. The summed E-state index contributed by atoms with van der Waals surface area (Å²) in [5.41, 5.74) is 7.59. The highest BCUT2D eigenvalue weighted by molar-refractivity contribution is 6.22. The van der Waals surface area contributed by atoms with Crippen LogP contribution in [0.4, 0.5) is 0 Å². The van der Waals surface area contributed by atoms with E-state index < -0.39 is 0 Å². The maximum Gasteiger partial charge on any atom is -0.00261 e. The highest BCUT2D eigenvalue weighted by Crippen LogP contribution is 2.45. The molecule has 8 rings (SSSR count). The molecule has 0 saturated carbocycles. The van der Waals surface area contributed by atoms with Crippen LogP contribution in [0.3, 0.4) is 0 Å². The van der Waals surface area contributed by atoms with Gasteiger partial charge in [-0.3, -0.25) is 0 Å². The SMILES string of the molecule is c1ccc(-c2cccc3ccc(-c4c5ccccc5c(-c5ccc6ccccc6c5)c5ccccc45)cc23)cc1. The van der Waals surface area contributed by atoms with Gasteiger partial charge in [0.1, 0.15) is 0 Å². The number of hydrogen-bond acceptors (Lipinski definition) is 0. The lowest BCUT2D eigenvalue weighted by Gasteiger charge is -2.18. The fourth-order valence-electron chi connectivity index (χ4n) is 6.39. The molecule has 0 fully saturated rings. The summed E-state index contributed by atoms with van der Waals surface area (Å²) in [6, 6.07) is 57.6. The van der Waals surface area contributed by atoms with Crippen LogP contribution >= 0.6 is 0 Å². The largest absolute Gasteiger partial charge is 0.0622 e. The molecule has 0 aliphatic rings. The third kappa shape index (κ3) is 3.61. The summed E-state index contributed by atoms with van der Waals surface area (Å²) >= 11 is 0. The molecule has 0 aromatic heterocycles. The van der Waals surface area contributed by atoms with Gasteiger partial charge >= 0.3 is 0 Å². The first-order valence-corrected chi connectivity index (χ1v) is 13.9. The molecule has 186 valence electrons. The van der Waals surface area contributed by atoms with Gasteiger partial charge in [-0.2, -0.15) is 0 Å². The highest BCUT2D eigenvalue weighted by atomic mass is 14.2. The van der Waals surface area contributed by atoms with Crippen molar-refractivity contribution in [3.05, 3.63) is 158 Å². The van der Waals surface area contributed by atoms with Gasteiger partial charge < -0.3 is 0 Å². The topological polar surface area (TPSA) is 0 Å². The van der Waals surface area contributed by atoms with Crippen LogP contribution in [0.5, 0.6) is 0 Å². The maximum atomic E-state index is 2.39. The molecule has 0 atom stereocenters. The summed E-state index contributed by atoms with van der Waals surface area (Å²) in [5.74, 6) is 0. The van der Waals surface area contributed by atoms with E-state index in [9.17, 15) is 0 Å². The second-order valence-corrected chi connectivity index (χ2v) is 10.5. The van der Waals surface area contributed by atoms with Crippen molar-refractivity contribution in [1.82, 2.24) is 0 Å². The smallest absolute Gasteiger partial charge is 0.00261 e. The van der Waals surface area contributed by atoms with E-state index in [1.54, 1.807) is 0 Å². The molecule has 0 bridgehead atoms. The van der Waals surface area contributed by atoms with Crippen molar-refractivity contribution < 1.29 is 0 Å². The first-order valence-electron chi connectivity index (χ1n) is 13.9. The third-order valence-corrected chi connectivity index (χ3v) is 8.23. The zero-order valence-electron chi connectivity index (χ0n) is 22.0. The molecule has 0 N–H and O–H groups in total. The third-order valence-electron chi connectivity index (χ3n) is 8.23. The molecule has 0 amide bonds. The Labute approximate surface area is 233 Å². The van der Waals surface area contributed by atoms with Gasteiger partial charge in [-0.15, -0.1) is 0 Å². The molecule has 0 unspecified atom stereocenters. The maximum absolute atomic E-state index is 2.39. The van der Waals surface area contributed by atoms with Gasteiger partial charge in [0.25, 0.3) is 0 Å². The van der Waals surface area contributed by atoms with Crippen molar-refractivity contribution in [2.45, 2.75) is 0 Å².